The Balaban J connectivity index is 2.54. The van der Waals surface area contributed by atoms with Crippen LogP contribution in [-0.2, 0) is 15.5 Å². The zero-order chi connectivity index (χ0) is 15.9. The molecule has 0 saturated heterocycles. The van der Waals surface area contributed by atoms with Crippen molar-refractivity contribution in [2.45, 2.75) is 77.9 Å². The fraction of sp³-hybridized carbons (Fsp3) is 0.938. The van der Waals surface area contributed by atoms with Gasteiger partial charge in [-0.25, -0.2) is 4.79 Å². The molecule has 1 unspecified atom stereocenters. The van der Waals surface area contributed by atoms with Crippen LogP contribution in [0.5, 0.6) is 0 Å². The molecule has 0 aromatic carbocycles. The average Bonchev–Trinajstić information content (AvgIpc) is 2.37. The predicted octanol–water partition coefficient (Wildman–Crippen LogP) is 3.62. The molecule has 1 saturated carbocycles. The molecule has 1 aliphatic rings. The zero-order valence-corrected chi connectivity index (χ0v) is 14.8. The van der Waals surface area contributed by atoms with Crippen LogP contribution in [0.25, 0.3) is 0 Å². The van der Waals surface area contributed by atoms with Gasteiger partial charge >= 0.3 is 6.09 Å². The van der Waals surface area contributed by atoms with Crippen molar-refractivity contribution >= 4 is 16.9 Å². The molecule has 1 aliphatic carbocycles. The summed E-state index contributed by atoms with van der Waals surface area (Å²) in [6.45, 7) is 7.48. The lowest BCUT2D eigenvalue weighted by Crippen LogP contribution is -2.43. The number of carbonyl (C=O) groups is 1. The number of amides is 1. The summed E-state index contributed by atoms with van der Waals surface area (Å²) >= 11 is 0. The van der Waals surface area contributed by atoms with Crippen molar-refractivity contribution in [2.75, 3.05) is 11.5 Å². The summed E-state index contributed by atoms with van der Waals surface area (Å²) in [6, 6.07) is -0.0382. The van der Waals surface area contributed by atoms with Crippen molar-refractivity contribution in [1.82, 2.24) is 5.32 Å². The minimum atomic E-state index is -0.871. The summed E-state index contributed by atoms with van der Waals surface area (Å²) < 4.78 is 17.2. The lowest BCUT2D eigenvalue weighted by molar-refractivity contribution is 0.0501. The highest BCUT2D eigenvalue weighted by Gasteiger charge is 2.24. The van der Waals surface area contributed by atoms with Gasteiger partial charge < -0.3 is 10.1 Å². The Hall–Kier alpha value is -0.580. The molecule has 1 fully saturated rings. The molecule has 0 spiro atoms. The molecule has 1 amide bonds. The molecule has 0 aromatic rings. The van der Waals surface area contributed by atoms with Gasteiger partial charge in [0.2, 0.25) is 0 Å². The molecule has 0 radical (unpaired) electrons. The SMILES string of the molecule is CCS(=O)C[C@H](CC1CCCCC1)NC(=O)OC(C)(C)C. The Morgan fingerprint density at radius 2 is 1.90 bits per heavy atom. The first kappa shape index (κ1) is 18.5. The third-order valence-corrected chi connectivity index (χ3v) is 5.19. The molecule has 0 aromatic heterocycles. The minimum Gasteiger partial charge on any atom is -0.444 e. The Bertz CT molecular complexity index is 346. The van der Waals surface area contributed by atoms with Gasteiger partial charge in [-0.3, -0.25) is 4.21 Å². The topological polar surface area (TPSA) is 55.4 Å². The van der Waals surface area contributed by atoms with Gasteiger partial charge in [-0.1, -0.05) is 39.0 Å². The highest BCUT2D eigenvalue weighted by Crippen LogP contribution is 2.27. The van der Waals surface area contributed by atoms with E-state index < -0.39 is 22.5 Å². The van der Waals surface area contributed by atoms with Gasteiger partial charge in [0.25, 0.3) is 0 Å². The fourth-order valence-electron chi connectivity index (χ4n) is 2.81. The van der Waals surface area contributed by atoms with E-state index in [0.717, 1.165) is 6.42 Å². The second-order valence-electron chi connectivity index (χ2n) is 6.98. The monoisotopic (exact) mass is 317 g/mol. The molecule has 5 heteroatoms. The summed E-state index contributed by atoms with van der Waals surface area (Å²) in [5.41, 5.74) is -0.497. The molecule has 1 rings (SSSR count). The summed E-state index contributed by atoms with van der Waals surface area (Å²) in [7, 11) is -0.871. The molecule has 0 heterocycles. The summed E-state index contributed by atoms with van der Waals surface area (Å²) in [5.74, 6) is 1.82. The van der Waals surface area contributed by atoms with E-state index in [-0.39, 0.29) is 6.04 Å². The molecule has 124 valence electrons. The minimum absolute atomic E-state index is 0.0382. The maximum Gasteiger partial charge on any atom is 0.407 e. The van der Waals surface area contributed by atoms with Crippen molar-refractivity contribution in [1.29, 1.82) is 0 Å². The Morgan fingerprint density at radius 3 is 2.43 bits per heavy atom. The van der Waals surface area contributed by atoms with Crippen LogP contribution >= 0.6 is 0 Å². The van der Waals surface area contributed by atoms with E-state index in [4.69, 9.17) is 4.74 Å². The summed E-state index contributed by atoms with van der Waals surface area (Å²) in [5, 5.41) is 2.93. The molecular weight excluding hydrogens is 286 g/mol. The number of ether oxygens (including phenoxy) is 1. The van der Waals surface area contributed by atoms with Gasteiger partial charge in [-0.2, -0.15) is 0 Å². The number of alkyl carbamates (subject to hydrolysis) is 1. The van der Waals surface area contributed by atoms with Gasteiger partial charge in [0, 0.05) is 28.3 Å². The van der Waals surface area contributed by atoms with E-state index in [1.165, 1.54) is 32.1 Å². The number of hydrogen-bond acceptors (Lipinski definition) is 3. The Kier molecular flexibility index (Phi) is 7.71. The number of rotatable bonds is 6. The second kappa shape index (κ2) is 8.76. The third-order valence-electron chi connectivity index (χ3n) is 3.77. The number of nitrogens with one attached hydrogen (secondary N) is 1. The zero-order valence-electron chi connectivity index (χ0n) is 13.9. The first-order chi connectivity index (χ1) is 9.80. The van der Waals surface area contributed by atoms with Gasteiger partial charge in [0.05, 0.1) is 0 Å². The van der Waals surface area contributed by atoms with Crippen LogP contribution in [0, 0.1) is 5.92 Å². The highest BCUT2D eigenvalue weighted by atomic mass is 32.2. The first-order valence-electron chi connectivity index (χ1n) is 8.14. The summed E-state index contributed by atoms with van der Waals surface area (Å²) in [4.78, 5) is 11.9. The maximum atomic E-state index is 11.9. The Labute approximate surface area is 131 Å². The van der Waals surface area contributed by atoms with Crippen LogP contribution in [0.15, 0.2) is 0 Å². The van der Waals surface area contributed by atoms with Crippen molar-refractivity contribution in [3.05, 3.63) is 0 Å². The smallest absolute Gasteiger partial charge is 0.407 e. The molecule has 0 bridgehead atoms. The van der Waals surface area contributed by atoms with E-state index in [0.29, 0.717) is 17.4 Å². The number of hydrogen-bond donors (Lipinski definition) is 1. The molecule has 4 nitrogen and oxygen atoms in total. The van der Waals surface area contributed by atoms with E-state index in [2.05, 4.69) is 5.32 Å². The molecule has 21 heavy (non-hydrogen) atoms. The van der Waals surface area contributed by atoms with E-state index in [1.54, 1.807) is 0 Å². The van der Waals surface area contributed by atoms with Gasteiger partial charge in [0.1, 0.15) is 5.60 Å². The van der Waals surface area contributed by atoms with Crippen LogP contribution < -0.4 is 5.32 Å². The lowest BCUT2D eigenvalue weighted by atomic mass is 9.85. The largest absolute Gasteiger partial charge is 0.444 e. The maximum absolute atomic E-state index is 11.9. The number of carbonyl (C=O) groups excluding carboxylic acids is 1. The predicted molar refractivity (Wildman–Crippen MR) is 87.9 cm³/mol. The molecular formula is C16H31NO3S. The quantitative estimate of drug-likeness (QED) is 0.814. The van der Waals surface area contributed by atoms with Crippen molar-refractivity contribution in [3.8, 4) is 0 Å². The van der Waals surface area contributed by atoms with E-state index in [9.17, 15) is 9.00 Å². The summed E-state index contributed by atoms with van der Waals surface area (Å²) in [6.07, 6.45) is 6.86. The van der Waals surface area contributed by atoms with E-state index >= 15 is 0 Å². The van der Waals surface area contributed by atoms with Crippen LogP contribution in [0.4, 0.5) is 4.79 Å². The van der Waals surface area contributed by atoms with Crippen molar-refractivity contribution in [2.24, 2.45) is 5.92 Å². The van der Waals surface area contributed by atoms with Crippen molar-refractivity contribution in [3.63, 3.8) is 0 Å². The van der Waals surface area contributed by atoms with Crippen LogP contribution in [0.1, 0.15) is 66.2 Å². The van der Waals surface area contributed by atoms with Crippen LogP contribution in [-0.4, -0.2) is 33.5 Å². The molecule has 0 aliphatic heterocycles. The standard InChI is InChI=1S/C16H31NO3S/c1-5-21(19)12-14(11-13-9-7-6-8-10-13)17-15(18)20-16(2,3)4/h13-14H,5-12H2,1-4H3,(H,17,18)/t14-,21?/m0/s1. The molecule has 1 N–H and O–H groups in total. The highest BCUT2D eigenvalue weighted by molar-refractivity contribution is 7.84. The molecule has 2 atom stereocenters. The van der Waals surface area contributed by atoms with Gasteiger partial charge in [-0.05, 0) is 33.1 Å². The van der Waals surface area contributed by atoms with E-state index in [1.807, 2.05) is 27.7 Å². The second-order valence-corrected chi connectivity index (χ2v) is 8.77. The third kappa shape index (κ3) is 8.44. The first-order valence-corrected chi connectivity index (χ1v) is 9.63. The van der Waals surface area contributed by atoms with Gasteiger partial charge in [0.15, 0.2) is 0 Å². The van der Waals surface area contributed by atoms with Crippen molar-refractivity contribution < 1.29 is 13.7 Å². The van der Waals surface area contributed by atoms with Crippen LogP contribution in [0.3, 0.4) is 0 Å². The normalized spacial score (nSPS) is 19.8. The average molecular weight is 317 g/mol. The van der Waals surface area contributed by atoms with Gasteiger partial charge in [-0.15, -0.1) is 0 Å². The van der Waals surface area contributed by atoms with Crippen LogP contribution in [0.2, 0.25) is 0 Å². The Morgan fingerprint density at radius 1 is 1.29 bits per heavy atom. The lowest BCUT2D eigenvalue weighted by Gasteiger charge is -2.28. The fourth-order valence-corrected chi connectivity index (χ4v) is 3.71.